The lowest BCUT2D eigenvalue weighted by atomic mass is 9.63. The first-order valence-electron chi connectivity index (χ1n) is 10.4. The minimum atomic E-state index is -0.208. The van der Waals surface area contributed by atoms with Gasteiger partial charge in [-0.15, -0.1) is 0 Å². The van der Waals surface area contributed by atoms with E-state index in [9.17, 15) is 4.79 Å². The van der Waals surface area contributed by atoms with E-state index in [0.29, 0.717) is 6.42 Å². The first-order valence-corrected chi connectivity index (χ1v) is 10.4. The van der Waals surface area contributed by atoms with E-state index in [1.54, 1.807) is 0 Å². The molecule has 0 bridgehead atoms. The molecule has 0 saturated carbocycles. The zero-order chi connectivity index (χ0) is 20.8. The van der Waals surface area contributed by atoms with Gasteiger partial charge >= 0.3 is 5.97 Å². The Morgan fingerprint density at radius 3 is 2.10 bits per heavy atom. The van der Waals surface area contributed by atoms with Crippen LogP contribution in [0.3, 0.4) is 0 Å². The maximum absolute atomic E-state index is 11.5. The summed E-state index contributed by atoms with van der Waals surface area (Å²) in [7, 11) is 1.43. The topological polar surface area (TPSA) is 26.3 Å². The van der Waals surface area contributed by atoms with Gasteiger partial charge in [0.1, 0.15) is 0 Å². The van der Waals surface area contributed by atoms with E-state index in [0.717, 1.165) is 10.9 Å². The molecule has 1 aliphatic carbocycles. The second kappa shape index (κ2) is 7.02. The van der Waals surface area contributed by atoms with Gasteiger partial charge in [-0.2, -0.15) is 0 Å². The fraction of sp³-hybridized carbons (Fsp3) is 0.370. The molecule has 0 saturated heterocycles. The highest BCUT2D eigenvalue weighted by Gasteiger charge is 2.36. The standard InChI is InChI=1S/C27H30O2/c1-26(2)12-13-27(3,4)24-17-22(10-11-23(24)26)21-9-8-19-14-18(15-25(28)29-5)6-7-20(19)16-21/h6-11,14,16-17H,12-13,15H2,1-5H3. The highest BCUT2D eigenvalue weighted by molar-refractivity contribution is 5.88. The van der Waals surface area contributed by atoms with Gasteiger partial charge in [-0.25, -0.2) is 0 Å². The van der Waals surface area contributed by atoms with Crippen molar-refractivity contribution in [2.24, 2.45) is 0 Å². The van der Waals surface area contributed by atoms with Gasteiger partial charge < -0.3 is 4.74 Å². The minimum absolute atomic E-state index is 0.208. The molecule has 150 valence electrons. The van der Waals surface area contributed by atoms with Crippen LogP contribution in [-0.2, 0) is 26.8 Å². The SMILES string of the molecule is COC(=O)Cc1ccc2cc(-c3ccc4c(c3)C(C)(C)CCC4(C)C)ccc2c1. The van der Waals surface area contributed by atoms with Crippen LogP contribution in [0.5, 0.6) is 0 Å². The Morgan fingerprint density at radius 2 is 1.38 bits per heavy atom. The molecular formula is C27H30O2. The Morgan fingerprint density at radius 1 is 0.793 bits per heavy atom. The average Bonchev–Trinajstić information content (AvgIpc) is 2.71. The number of rotatable bonds is 3. The molecule has 0 unspecified atom stereocenters. The summed E-state index contributed by atoms with van der Waals surface area (Å²) in [4.78, 5) is 11.5. The van der Waals surface area contributed by atoms with Gasteiger partial charge in [0.15, 0.2) is 0 Å². The fourth-order valence-corrected chi connectivity index (χ4v) is 4.59. The smallest absolute Gasteiger partial charge is 0.309 e. The summed E-state index contributed by atoms with van der Waals surface area (Å²) in [5.74, 6) is -0.208. The fourth-order valence-electron chi connectivity index (χ4n) is 4.59. The van der Waals surface area contributed by atoms with Gasteiger partial charge in [0.05, 0.1) is 13.5 Å². The van der Waals surface area contributed by atoms with E-state index in [4.69, 9.17) is 4.74 Å². The number of fused-ring (bicyclic) bond motifs is 2. The summed E-state index contributed by atoms with van der Waals surface area (Å²) in [5.41, 5.74) is 6.92. The Hall–Kier alpha value is -2.61. The highest BCUT2D eigenvalue weighted by Crippen LogP contribution is 2.46. The van der Waals surface area contributed by atoms with Crippen molar-refractivity contribution in [2.45, 2.75) is 57.8 Å². The molecule has 0 atom stereocenters. The molecule has 0 spiro atoms. The van der Waals surface area contributed by atoms with Crippen LogP contribution in [-0.4, -0.2) is 13.1 Å². The lowest BCUT2D eigenvalue weighted by Gasteiger charge is -2.42. The van der Waals surface area contributed by atoms with E-state index in [-0.39, 0.29) is 16.8 Å². The summed E-state index contributed by atoms with van der Waals surface area (Å²) >= 11 is 0. The molecule has 4 rings (SSSR count). The van der Waals surface area contributed by atoms with Crippen molar-refractivity contribution in [3.63, 3.8) is 0 Å². The van der Waals surface area contributed by atoms with Crippen molar-refractivity contribution in [1.29, 1.82) is 0 Å². The maximum Gasteiger partial charge on any atom is 0.309 e. The van der Waals surface area contributed by atoms with Gasteiger partial charge in [0.2, 0.25) is 0 Å². The predicted octanol–water partition coefficient (Wildman–Crippen LogP) is 6.57. The second-order valence-electron chi connectivity index (χ2n) is 9.68. The lowest BCUT2D eigenvalue weighted by Crippen LogP contribution is -2.33. The van der Waals surface area contributed by atoms with Gasteiger partial charge in [-0.1, -0.05) is 76.2 Å². The first kappa shape index (κ1) is 19.7. The van der Waals surface area contributed by atoms with Crippen molar-refractivity contribution in [3.05, 3.63) is 71.3 Å². The number of methoxy groups -OCH3 is 1. The van der Waals surface area contributed by atoms with Crippen molar-refractivity contribution in [2.75, 3.05) is 7.11 Å². The third-order valence-corrected chi connectivity index (χ3v) is 6.67. The van der Waals surface area contributed by atoms with Crippen molar-refractivity contribution in [1.82, 2.24) is 0 Å². The normalized spacial score (nSPS) is 17.0. The van der Waals surface area contributed by atoms with Gasteiger partial charge in [-0.3, -0.25) is 4.79 Å². The molecule has 0 radical (unpaired) electrons. The summed E-state index contributed by atoms with van der Waals surface area (Å²) in [6.07, 6.45) is 2.76. The molecule has 2 heteroatoms. The Labute approximate surface area is 173 Å². The Kier molecular flexibility index (Phi) is 4.77. The van der Waals surface area contributed by atoms with Crippen LogP contribution in [0.1, 0.15) is 57.2 Å². The number of hydrogen-bond acceptors (Lipinski definition) is 2. The van der Waals surface area contributed by atoms with Gasteiger partial charge in [0, 0.05) is 0 Å². The van der Waals surface area contributed by atoms with Crippen LogP contribution in [0.4, 0.5) is 0 Å². The first-order chi connectivity index (χ1) is 13.7. The molecule has 29 heavy (non-hydrogen) atoms. The third kappa shape index (κ3) is 3.69. The molecule has 1 aliphatic rings. The summed E-state index contributed by atoms with van der Waals surface area (Å²) < 4.78 is 4.78. The number of ether oxygens (including phenoxy) is 1. The Bertz CT molecular complexity index is 1090. The predicted molar refractivity (Wildman–Crippen MR) is 120 cm³/mol. The molecule has 0 aliphatic heterocycles. The number of carbonyl (C=O) groups is 1. The lowest BCUT2D eigenvalue weighted by molar-refractivity contribution is -0.139. The quantitative estimate of drug-likeness (QED) is 0.476. The second-order valence-corrected chi connectivity index (χ2v) is 9.68. The third-order valence-electron chi connectivity index (χ3n) is 6.67. The minimum Gasteiger partial charge on any atom is -0.469 e. The maximum atomic E-state index is 11.5. The van der Waals surface area contributed by atoms with E-state index in [1.165, 1.54) is 47.6 Å². The van der Waals surface area contributed by atoms with Crippen LogP contribution in [0, 0.1) is 0 Å². The average molecular weight is 387 g/mol. The van der Waals surface area contributed by atoms with E-state index < -0.39 is 0 Å². The van der Waals surface area contributed by atoms with E-state index in [2.05, 4.69) is 76.2 Å². The number of benzene rings is 3. The van der Waals surface area contributed by atoms with E-state index >= 15 is 0 Å². The number of carbonyl (C=O) groups excluding carboxylic acids is 1. The van der Waals surface area contributed by atoms with Crippen LogP contribution in [0.25, 0.3) is 21.9 Å². The number of hydrogen-bond donors (Lipinski definition) is 0. The van der Waals surface area contributed by atoms with Crippen LogP contribution in [0.2, 0.25) is 0 Å². The largest absolute Gasteiger partial charge is 0.469 e. The zero-order valence-corrected chi connectivity index (χ0v) is 18.1. The molecule has 0 N–H and O–H groups in total. The summed E-state index contributed by atoms with van der Waals surface area (Å²) in [6.45, 7) is 9.47. The molecule has 0 fully saturated rings. The molecule has 0 amide bonds. The summed E-state index contributed by atoms with van der Waals surface area (Å²) in [5, 5.41) is 2.34. The molecule has 2 nitrogen and oxygen atoms in total. The molecule has 0 heterocycles. The monoisotopic (exact) mass is 386 g/mol. The molecular weight excluding hydrogens is 356 g/mol. The van der Waals surface area contributed by atoms with Gasteiger partial charge in [-0.05, 0) is 68.3 Å². The van der Waals surface area contributed by atoms with Crippen molar-refractivity contribution < 1.29 is 9.53 Å². The van der Waals surface area contributed by atoms with Gasteiger partial charge in [0.25, 0.3) is 0 Å². The zero-order valence-electron chi connectivity index (χ0n) is 18.1. The molecule has 0 aromatic heterocycles. The van der Waals surface area contributed by atoms with Crippen LogP contribution in [0.15, 0.2) is 54.6 Å². The highest BCUT2D eigenvalue weighted by atomic mass is 16.5. The summed E-state index contributed by atoms with van der Waals surface area (Å²) in [6, 6.07) is 19.8. The molecule has 3 aromatic rings. The van der Waals surface area contributed by atoms with Crippen molar-refractivity contribution >= 4 is 16.7 Å². The van der Waals surface area contributed by atoms with Crippen molar-refractivity contribution in [3.8, 4) is 11.1 Å². The Balaban J connectivity index is 1.73. The molecule has 3 aromatic carbocycles. The number of esters is 1. The van der Waals surface area contributed by atoms with E-state index in [1.807, 2.05) is 6.07 Å². The van der Waals surface area contributed by atoms with Crippen LogP contribution < -0.4 is 0 Å². The van der Waals surface area contributed by atoms with Crippen LogP contribution >= 0.6 is 0 Å².